The Kier molecular flexibility index (Phi) is 5.12. The number of methoxy groups -OCH3 is 1. The molecular formula is C25H24N6O. The molecule has 1 aromatic carbocycles. The highest BCUT2D eigenvalue weighted by Gasteiger charge is 2.20. The molecular weight excluding hydrogens is 400 g/mol. The van der Waals surface area contributed by atoms with Gasteiger partial charge >= 0.3 is 0 Å². The number of ether oxygens (including phenoxy) is 1. The number of para-hydroxylation sites is 1. The zero-order valence-corrected chi connectivity index (χ0v) is 18.4. The maximum absolute atomic E-state index is 5.71. The summed E-state index contributed by atoms with van der Waals surface area (Å²) in [7, 11) is 3.65. The number of hydrogen-bond donors (Lipinski definition) is 0. The number of fused-ring (bicyclic) bond motifs is 1. The van der Waals surface area contributed by atoms with Gasteiger partial charge in [-0.05, 0) is 30.2 Å². The zero-order chi connectivity index (χ0) is 22.1. The van der Waals surface area contributed by atoms with E-state index in [9.17, 15) is 0 Å². The third-order valence-electron chi connectivity index (χ3n) is 5.69. The number of nitrogens with zero attached hydrogens (tertiary/aromatic N) is 6. The topological polar surface area (TPSA) is 59.9 Å². The van der Waals surface area contributed by atoms with E-state index in [0.29, 0.717) is 0 Å². The van der Waals surface area contributed by atoms with Gasteiger partial charge in [-0.2, -0.15) is 15.3 Å². The molecule has 0 amide bonds. The summed E-state index contributed by atoms with van der Waals surface area (Å²) >= 11 is 0. The van der Waals surface area contributed by atoms with Crippen molar-refractivity contribution in [1.82, 2.24) is 24.4 Å². The van der Waals surface area contributed by atoms with Crippen LogP contribution in [0.4, 0.5) is 0 Å². The molecule has 0 fully saturated rings. The molecule has 0 aliphatic carbocycles. The average molecular weight is 425 g/mol. The Balaban J connectivity index is 1.53. The van der Waals surface area contributed by atoms with Crippen LogP contribution in [0.2, 0.25) is 0 Å². The summed E-state index contributed by atoms with van der Waals surface area (Å²) in [5.41, 5.74) is 5.82. The number of pyridine rings is 1. The van der Waals surface area contributed by atoms with Crippen molar-refractivity contribution in [3.8, 4) is 23.3 Å². The van der Waals surface area contributed by atoms with Gasteiger partial charge in [-0.1, -0.05) is 37.0 Å². The first-order valence-electron chi connectivity index (χ1n) is 10.6. The molecule has 4 aromatic rings. The lowest BCUT2D eigenvalue weighted by molar-refractivity contribution is 0.380. The summed E-state index contributed by atoms with van der Waals surface area (Å²) in [5.74, 6) is 7.57. The van der Waals surface area contributed by atoms with Crippen LogP contribution in [0.25, 0.3) is 11.2 Å². The summed E-state index contributed by atoms with van der Waals surface area (Å²) in [4.78, 5) is 0. The van der Waals surface area contributed by atoms with Crippen LogP contribution in [-0.2, 0) is 6.42 Å². The molecule has 0 saturated heterocycles. The van der Waals surface area contributed by atoms with Crippen LogP contribution in [0, 0.1) is 11.8 Å². The highest BCUT2D eigenvalue weighted by Crippen LogP contribution is 2.29. The minimum atomic E-state index is 0.216. The largest absolute Gasteiger partial charge is 0.494 e. The molecule has 1 aliphatic rings. The quantitative estimate of drug-likeness (QED) is 0.471. The Morgan fingerprint density at radius 3 is 2.59 bits per heavy atom. The Bertz CT molecular complexity index is 1360. The van der Waals surface area contributed by atoms with Crippen LogP contribution in [-0.4, -0.2) is 51.3 Å². The molecule has 1 atom stereocenters. The molecule has 32 heavy (non-hydrogen) atoms. The Morgan fingerprint density at radius 1 is 1.09 bits per heavy atom. The number of hydrazone groups is 1. The smallest absolute Gasteiger partial charge is 0.146 e. The van der Waals surface area contributed by atoms with Crippen molar-refractivity contribution < 1.29 is 4.74 Å². The average Bonchev–Trinajstić information content (AvgIpc) is 3.55. The Hall–Kier alpha value is -4.05. The van der Waals surface area contributed by atoms with Crippen molar-refractivity contribution in [3.05, 3.63) is 77.4 Å². The van der Waals surface area contributed by atoms with Crippen molar-refractivity contribution in [1.29, 1.82) is 0 Å². The van der Waals surface area contributed by atoms with Crippen LogP contribution in [0.5, 0.6) is 5.75 Å². The van der Waals surface area contributed by atoms with Gasteiger partial charge in [0.15, 0.2) is 0 Å². The fraction of sp³-hybridized carbons (Fsp3) is 0.240. The first kappa shape index (κ1) is 19.9. The van der Waals surface area contributed by atoms with E-state index < -0.39 is 0 Å². The van der Waals surface area contributed by atoms with Gasteiger partial charge < -0.3 is 4.74 Å². The molecule has 160 valence electrons. The van der Waals surface area contributed by atoms with Crippen LogP contribution in [0.1, 0.15) is 35.2 Å². The lowest BCUT2D eigenvalue weighted by Crippen LogP contribution is -2.12. The SMILES string of the molecule is CCc1c(C#Cc2cnn3cc(C4C=NN(C)C4)cc(OC)c23)cnn1-c1ccccc1. The Morgan fingerprint density at radius 2 is 1.88 bits per heavy atom. The third-order valence-corrected chi connectivity index (χ3v) is 5.69. The highest BCUT2D eigenvalue weighted by molar-refractivity contribution is 5.74. The standard InChI is InChI=1S/C25H24N6O/c1-4-23-18(13-28-31(23)22-8-6-5-7-9-22)10-11-19-14-27-30-17-20(12-24(32-3)25(19)30)21-15-26-29(2)16-21/h5-9,12-15,17,21H,4,16H2,1-3H3. The van der Waals surface area contributed by atoms with Crippen LogP contribution >= 0.6 is 0 Å². The summed E-state index contributed by atoms with van der Waals surface area (Å²) < 4.78 is 9.51. The molecule has 0 saturated carbocycles. The van der Waals surface area contributed by atoms with Gasteiger partial charge in [0.25, 0.3) is 0 Å². The molecule has 7 nitrogen and oxygen atoms in total. The second-order valence-electron chi connectivity index (χ2n) is 7.76. The molecule has 4 heterocycles. The summed E-state index contributed by atoms with van der Waals surface area (Å²) in [5, 5.41) is 15.4. The lowest BCUT2D eigenvalue weighted by atomic mass is 10.0. The van der Waals surface area contributed by atoms with Crippen molar-refractivity contribution in [3.63, 3.8) is 0 Å². The van der Waals surface area contributed by atoms with E-state index in [4.69, 9.17) is 4.74 Å². The van der Waals surface area contributed by atoms with E-state index in [1.165, 1.54) is 0 Å². The van der Waals surface area contributed by atoms with Gasteiger partial charge in [-0.3, -0.25) is 5.01 Å². The second kappa shape index (κ2) is 8.23. The predicted octanol–water partition coefficient (Wildman–Crippen LogP) is 3.51. The molecule has 5 rings (SSSR count). The molecule has 0 bridgehead atoms. The summed E-state index contributed by atoms with van der Waals surface area (Å²) in [6, 6.07) is 12.2. The van der Waals surface area contributed by atoms with E-state index in [0.717, 1.165) is 52.3 Å². The fourth-order valence-electron chi connectivity index (χ4n) is 4.06. The van der Waals surface area contributed by atoms with E-state index in [-0.39, 0.29) is 5.92 Å². The zero-order valence-electron chi connectivity index (χ0n) is 18.4. The predicted molar refractivity (Wildman–Crippen MR) is 125 cm³/mol. The van der Waals surface area contributed by atoms with Crippen molar-refractivity contribution in [2.75, 3.05) is 20.7 Å². The molecule has 1 unspecified atom stereocenters. The molecule has 1 aliphatic heterocycles. The molecule has 7 heteroatoms. The second-order valence-corrected chi connectivity index (χ2v) is 7.76. The molecule has 0 spiro atoms. The fourth-order valence-corrected chi connectivity index (χ4v) is 4.06. The highest BCUT2D eigenvalue weighted by atomic mass is 16.5. The van der Waals surface area contributed by atoms with Crippen molar-refractivity contribution >= 4 is 11.7 Å². The first-order valence-corrected chi connectivity index (χ1v) is 10.6. The lowest BCUT2D eigenvalue weighted by Gasteiger charge is -2.12. The number of likely N-dealkylation sites (N-methyl/N-ethyl adjacent to an activating group) is 1. The molecule has 0 N–H and O–H groups in total. The normalized spacial score (nSPS) is 15.2. The van der Waals surface area contributed by atoms with Crippen molar-refractivity contribution in [2.24, 2.45) is 5.10 Å². The number of benzene rings is 1. The number of hydrogen-bond acceptors (Lipinski definition) is 5. The van der Waals surface area contributed by atoms with E-state index in [1.54, 1.807) is 13.3 Å². The maximum Gasteiger partial charge on any atom is 0.146 e. The minimum absolute atomic E-state index is 0.216. The van der Waals surface area contributed by atoms with E-state index >= 15 is 0 Å². The van der Waals surface area contributed by atoms with Gasteiger partial charge in [0.05, 0.1) is 42.0 Å². The van der Waals surface area contributed by atoms with E-state index in [2.05, 4.69) is 40.1 Å². The van der Waals surface area contributed by atoms with Gasteiger partial charge in [0.2, 0.25) is 0 Å². The van der Waals surface area contributed by atoms with Gasteiger partial charge in [0.1, 0.15) is 11.3 Å². The van der Waals surface area contributed by atoms with Crippen LogP contribution in [0.15, 0.2) is 60.1 Å². The minimum Gasteiger partial charge on any atom is -0.494 e. The van der Waals surface area contributed by atoms with Crippen molar-refractivity contribution in [2.45, 2.75) is 19.3 Å². The molecule has 0 radical (unpaired) electrons. The molecule has 3 aromatic heterocycles. The van der Waals surface area contributed by atoms with Crippen LogP contribution in [0.3, 0.4) is 0 Å². The van der Waals surface area contributed by atoms with Crippen LogP contribution < -0.4 is 4.74 Å². The van der Waals surface area contributed by atoms with E-state index in [1.807, 2.05) is 70.2 Å². The van der Waals surface area contributed by atoms with Gasteiger partial charge in [0, 0.05) is 31.9 Å². The number of rotatable bonds is 4. The summed E-state index contributed by atoms with van der Waals surface area (Å²) in [6.45, 7) is 2.96. The van der Waals surface area contributed by atoms with Gasteiger partial charge in [-0.15, -0.1) is 0 Å². The maximum atomic E-state index is 5.71. The Labute approximate surface area is 186 Å². The summed E-state index contributed by atoms with van der Waals surface area (Å²) in [6.07, 6.45) is 8.44. The monoisotopic (exact) mass is 424 g/mol. The first-order chi connectivity index (χ1) is 15.7. The van der Waals surface area contributed by atoms with Gasteiger partial charge in [-0.25, -0.2) is 9.20 Å². The number of aromatic nitrogens is 4. The third kappa shape index (κ3) is 3.50.